The van der Waals surface area contributed by atoms with Crippen LogP contribution in [0, 0.1) is 0 Å². The van der Waals surface area contributed by atoms with Crippen molar-refractivity contribution < 1.29 is 18.3 Å². The summed E-state index contributed by atoms with van der Waals surface area (Å²) in [5.74, 6) is 0. The van der Waals surface area contributed by atoms with E-state index in [1.54, 1.807) is 0 Å². The summed E-state index contributed by atoms with van der Waals surface area (Å²) in [6.45, 7) is 5.69. The van der Waals surface area contributed by atoms with E-state index >= 15 is 0 Å². The van der Waals surface area contributed by atoms with E-state index in [9.17, 15) is 18.3 Å². The lowest BCUT2D eigenvalue weighted by Gasteiger charge is -2.28. The van der Waals surface area contributed by atoms with Crippen molar-refractivity contribution in [1.29, 1.82) is 0 Å². The Bertz CT molecular complexity index is 242. The highest BCUT2D eigenvalue weighted by Crippen LogP contribution is 2.32. The van der Waals surface area contributed by atoms with Gasteiger partial charge in [-0.25, -0.2) is 0 Å². The van der Waals surface area contributed by atoms with Gasteiger partial charge in [0.15, 0.2) is 0 Å². The summed E-state index contributed by atoms with van der Waals surface area (Å²) >= 11 is 0. The monoisotopic (exact) mass is 253 g/mol. The Kier molecular flexibility index (Phi) is 4.84. The molecule has 0 saturated carbocycles. The molecule has 2 nitrogen and oxygen atoms in total. The van der Waals surface area contributed by atoms with Crippen LogP contribution >= 0.6 is 0 Å². The van der Waals surface area contributed by atoms with Gasteiger partial charge in [0.2, 0.25) is 0 Å². The molecule has 1 heterocycles. The van der Waals surface area contributed by atoms with Crippen LogP contribution in [0.1, 0.15) is 46.0 Å². The minimum atomic E-state index is -4.17. The van der Waals surface area contributed by atoms with Crippen molar-refractivity contribution in [2.75, 3.05) is 13.1 Å². The summed E-state index contributed by atoms with van der Waals surface area (Å²) in [5, 5.41) is 10.2. The van der Waals surface area contributed by atoms with Gasteiger partial charge in [0.25, 0.3) is 0 Å². The lowest BCUT2D eigenvalue weighted by molar-refractivity contribution is -0.147. The molecule has 1 rings (SSSR count). The van der Waals surface area contributed by atoms with Crippen molar-refractivity contribution in [3.63, 3.8) is 0 Å². The summed E-state index contributed by atoms with van der Waals surface area (Å²) in [4.78, 5) is 2.21. The van der Waals surface area contributed by atoms with Crippen LogP contribution < -0.4 is 0 Å². The van der Waals surface area contributed by atoms with Crippen molar-refractivity contribution in [3.8, 4) is 0 Å². The molecule has 102 valence electrons. The van der Waals surface area contributed by atoms with Crippen LogP contribution in [0.15, 0.2) is 0 Å². The Morgan fingerprint density at radius 1 is 1.24 bits per heavy atom. The van der Waals surface area contributed by atoms with Gasteiger partial charge in [-0.3, -0.25) is 0 Å². The van der Waals surface area contributed by atoms with Crippen molar-refractivity contribution >= 4 is 0 Å². The first-order valence-electron chi connectivity index (χ1n) is 6.25. The highest BCUT2D eigenvalue weighted by molar-refractivity contribution is 4.85. The fourth-order valence-electron chi connectivity index (χ4n) is 2.34. The summed E-state index contributed by atoms with van der Waals surface area (Å²) in [5.41, 5.74) is -1.13. The summed E-state index contributed by atoms with van der Waals surface area (Å²) in [7, 11) is 0. The molecule has 0 aromatic heterocycles. The average Bonchev–Trinajstić information content (AvgIpc) is 2.37. The van der Waals surface area contributed by atoms with Crippen molar-refractivity contribution in [3.05, 3.63) is 0 Å². The zero-order valence-electron chi connectivity index (χ0n) is 10.6. The topological polar surface area (TPSA) is 23.5 Å². The standard InChI is InChI=1S/C12H22F3NO/c1-10(2)16-8-3-4-11(17,7-9-16)5-6-12(13,14)15/h10,17H,3-9H2,1-2H3. The quantitative estimate of drug-likeness (QED) is 0.836. The Labute approximate surface area is 101 Å². The number of hydrogen-bond donors (Lipinski definition) is 1. The van der Waals surface area contributed by atoms with Crippen molar-refractivity contribution in [1.82, 2.24) is 4.90 Å². The first kappa shape index (κ1) is 14.8. The number of aliphatic hydroxyl groups is 1. The summed E-state index contributed by atoms with van der Waals surface area (Å²) < 4.78 is 36.5. The third-order valence-electron chi connectivity index (χ3n) is 3.56. The zero-order valence-corrected chi connectivity index (χ0v) is 10.6. The molecule has 0 aliphatic carbocycles. The molecule has 0 aromatic rings. The van der Waals surface area contributed by atoms with E-state index in [-0.39, 0.29) is 6.42 Å². The minimum Gasteiger partial charge on any atom is -0.390 e. The van der Waals surface area contributed by atoms with Gasteiger partial charge in [-0.2, -0.15) is 13.2 Å². The van der Waals surface area contributed by atoms with E-state index in [4.69, 9.17) is 0 Å². The molecule has 1 aliphatic heterocycles. The smallest absolute Gasteiger partial charge is 0.389 e. The highest BCUT2D eigenvalue weighted by Gasteiger charge is 2.36. The maximum Gasteiger partial charge on any atom is 0.389 e. The van der Waals surface area contributed by atoms with Gasteiger partial charge in [0.1, 0.15) is 0 Å². The van der Waals surface area contributed by atoms with Gasteiger partial charge >= 0.3 is 6.18 Å². The number of likely N-dealkylation sites (tertiary alicyclic amines) is 1. The first-order chi connectivity index (χ1) is 7.72. The van der Waals surface area contributed by atoms with Crippen LogP contribution in [0.5, 0.6) is 0 Å². The van der Waals surface area contributed by atoms with Crippen LogP contribution in [0.4, 0.5) is 13.2 Å². The summed E-state index contributed by atoms with van der Waals surface area (Å²) in [6.07, 6.45) is -3.52. The van der Waals surface area contributed by atoms with Gasteiger partial charge in [0, 0.05) is 19.0 Å². The minimum absolute atomic E-state index is 0.164. The van der Waals surface area contributed by atoms with Crippen LogP contribution in [-0.4, -0.2) is 40.9 Å². The number of nitrogens with zero attached hydrogens (tertiary/aromatic N) is 1. The largest absolute Gasteiger partial charge is 0.390 e. The molecule has 1 fully saturated rings. The van der Waals surface area contributed by atoms with E-state index in [1.165, 1.54) is 0 Å². The van der Waals surface area contributed by atoms with Crippen LogP contribution in [0.2, 0.25) is 0 Å². The number of alkyl halides is 3. The normalized spacial score (nSPS) is 28.4. The lowest BCUT2D eigenvalue weighted by atomic mass is 9.90. The fraction of sp³-hybridized carbons (Fsp3) is 1.00. The van der Waals surface area contributed by atoms with E-state index in [0.717, 1.165) is 13.0 Å². The molecule has 0 amide bonds. The Morgan fingerprint density at radius 2 is 1.88 bits per heavy atom. The molecule has 1 atom stereocenters. The van der Waals surface area contributed by atoms with Crippen LogP contribution in [-0.2, 0) is 0 Å². The molecule has 0 spiro atoms. The van der Waals surface area contributed by atoms with E-state index < -0.39 is 18.2 Å². The number of halogens is 3. The highest BCUT2D eigenvalue weighted by atomic mass is 19.4. The fourth-order valence-corrected chi connectivity index (χ4v) is 2.34. The zero-order chi connectivity index (χ0) is 13.1. The van der Waals surface area contributed by atoms with E-state index in [0.29, 0.717) is 25.4 Å². The number of rotatable bonds is 3. The van der Waals surface area contributed by atoms with Crippen LogP contribution in [0.25, 0.3) is 0 Å². The van der Waals surface area contributed by atoms with E-state index in [1.807, 2.05) is 0 Å². The molecular formula is C12H22F3NO. The maximum absolute atomic E-state index is 12.2. The first-order valence-corrected chi connectivity index (χ1v) is 6.25. The lowest BCUT2D eigenvalue weighted by Crippen LogP contribution is -2.35. The SMILES string of the molecule is CC(C)N1CCCC(O)(CCC(F)(F)F)CC1. The van der Waals surface area contributed by atoms with Crippen LogP contribution in [0.3, 0.4) is 0 Å². The van der Waals surface area contributed by atoms with Gasteiger partial charge < -0.3 is 10.0 Å². The van der Waals surface area contributed by atoms with Gasteiger partial charge in [0.05, 0.1) is 5.60 Å². The predicted molar refractivity (Wildman–Crippen MR) is 60.8 cm³/mol. The Hall–Kier alpha value is -0.290. The van der Waals surface area contributed by atoms with Gasteiger partial charge in [-0.15, -0.1) is 0 Å². The molecule has 1 unspecified atom stereocenters. The second kappa shape index (κ2) is 5.57. The molecule has 5 heteroatoms. The van der Waals surface area contributed by atoms with E-state index in [2.05, 4.69) is 18.7 Å². The molecule has 0 aromatic carbocycles. The van der Waals surface area contributed by atoms with Gasteiger partial charge in [-0.1, -0.05) is 0 Å². The molecule has 17 heavy (non-hydrogen) atoms. The predicted octanol–water partition coefficient (Wildman–Crippen LogP) is 2.95. The molecular weight excluding hydrogens is 231 g/mol. The molecule has 1 aliphatic rings. The van der Waals surface area contributed by atoms with Gasteiger partial charge in [-0.05, 0) is 46.1 Å². The third kappa shape index (κ3) is 5.25. The van der Waals surface area contributed by atoms with Crippen molar-refractivity contribution in [2.45, 2.75) is 63.8 Å². The maximum atomic E-state index is 12.2. The van der Waals surface area contributed by atoms with Crippen molar-refractivity contribution in [2.24, 2.45) is 0 Å². The molecule has 1 N–H and O–H groups in total. The average molecular weight is 253 g/mol. The second-order valence-electron chi connectivity index (χ2n) is 5.32. The third-order valence-corrected chi connectivity index (χ3v) is 3.56. The summed E-state index contributed by atoms with van der Waals surface area (Å²) in [6, 6.07) is 0.389. The second-order valence-corrected chi connectivity index (χ2v) is 5.32. The Morgan fingerprint density at radius 3 is 2.41 bits per heavy atom. The molecule has 0 bridgehead atoms. The number of hydrogen-bond acceptors (Lipinski definition) is 2. The Balaban J connectivity index is 2.48. The molecule has 1 saturated heterocycles. The molecule has 0 radical (unpaired) electrons.